The van der Waals surface area contributed by atoms with Crippen molar-refractivity contribution in [2.75, 3.05) is 7.11 Å². The molecule has 0 aliphatic rings. The van der Waals surface area contributed by atoms with Gasteiger partial charge in [0.05, 0.1) is 0 Å². The number of rotatable bonds is 5. The van der Waals surface area contributed by atoms with Gasteiger partial charge in [0.25, 0.3) is 0 Å². The summed E-state index contributed by atoms with van der Waals surface area (Å²) in [5.74, 6) is 0. The van der Waals surface area contributed by atoms with Crippen LogP contribution in [-0.4, -0.2) is 7.11 Å². The third-order valence-electron chi connectivity index (χ3n) is 3.34. The summed E-state index contributed by atoms with van der Waals surface area (Å²) >= 11 is 0. The first kappa shape index (κ1) is 14.3. The first-order chi connectivity index (χ1) is 9.81. The molecular formula is C19H20O. The van der Waals surface area contributed by atoms with E-state index >= 15 is 0 Å². The molecule has 1 heteroatoms. The highest BCUT2D eigenvalue weighted by atomic mass is 16.5. The number of benzene rings is 2. The van der Waals surface area contributed by atoms with Gasteiger partial charge in [-0.15, -0.1) is 0 Å². The number of ether oxygens (including phenoxy) is 1. The summed E-state index contributed by atoms with van der Waals surface area (Å²) in [4.78, 5) is 0. The Labute approximate surface area is 121 Å². The molecule has 0 bridgehead atoms. The largest absolute Gasteiger partial charge is 0.372 e. The number of methoxy groups -OCH3 is 1. The summed E-state index contributed by atoms with van der Waals surface area (Å²) in [6.45, 7) is 5.97. The second-order valence-corrected chi connectivity index (χ2v) is 4.58. The fourth-order valence-electron chi connectivity index (χ4n) is 2.46. The van der Waals surface area contributed by atoms with Crippen LogP contribution in [0.3, 0.4) is 0 Å². The minimum Gasteiger partial charge on any atom is -0.372 e. The molecule has 1 unspecified atom stereocenters. The Morgan fingerprint density at radius 2 is 1.80 bits per heavy atom. The maximum absolute atomic E-state index is 5.73. The van der Waals surface area contributed by atoms with Crippen LogP contribution in [0.25, 0.3) is 12.2 Å². The van der Waals surface area contributed by atoms with E-state index in [-0.39, 0.29) is 6.10 Å². The quantitative estimate of drug-likeness (QED) is 0.730. The topological polar surface area (TPSA) is 9.23 Å². The summed E-state index contributed by atoms with van der Waals surface area (Å²) in [5.41, 5.74) is 4.58. The molecule has 0 saturated carbocycles. The van der Waals surface area contributed by atoms with Gasteiger partial charge in [-0.3, -0.25) is 0 Å². The minimum atomic E-state index is -0.0746. The molecule has 0 radical (unpaired) electrons. The van der Waals surface area contributed by atoms with Crippen LogP contribution in [-0.2, 0) is 4.74 Å². The molecule has 0 fully saturated rings. The molecule has 0 amide bonds. The lowest BCUT2D eigenvalue weighted by Crippen LogP contribution is -2.06. The van der Waals surface area contributed by atoms with E-state index in [1.807, 2.05) is 37.3 Å². The Balaban J connectivity index is 2.55. The lowest BCUT2D eigenvalue weighted by atomic mass is 9.93. The molecule has 2 rings (SSSR count). The zero-order valence-corrected chi connectivity index (χ0v) is 12.0. The van der Waals surface area contributed by atoms with Crippen LogP contribution >= 0.6 is 0 Å². The van der Waals surface area contributed by atoms with Crippen molar-refractivity contribution < 1.29 is 4.74 Å². The molecule has 0 aromatic heterocycles. The Hall–Kier alpha value is -2.12. The number of hydrogen-bond acceptors (Lipinski definition) is 1. The molecule has 2 aromatic carbocycles. The summed E-state index contributed by atoms with van der Waals surface area (Å²) in [6, 6.07) is 16.5. The smallest absolute Gasteiger partial charge is 0.108 e. The molecule has 1 atom stereocenters. The van der Waals surface area contributed by atoms with Crippen LogP contribution in [0.15, 0.2) is 61.2 Å². The maximum atomic E-state index is 5.73. The fourth-order valence-corrected chi connectivity index (χ4v) is 2.46. The zero-order valence-electron chi connectivity index (χ0n) is 12.0. The molecule has 0 N–H and O–H groups in total. The van der Waals surface area contributed by atoms with Crippen molar-refractivity contribution in [2.24, 2.45) is 0 Å². The lowest BCUT2D eigenvalue weighted by molar-refractivity contribution is 0.136. The van der Waals surface area contributed by atoms with Crippen LogP contribution in [0, 0.1) is 0 Å². The Kier molecular flexibility index (Phi) is 4.91. The van der Waals surface area contributed by atoms with Crippen molar-refractivity contribution in [1.82, 2.24) is 0 Å². The SMILES string of the molecule is C=Cc1c(/C=C\C)cccc1C(OC)c1ccccc1. The van der Waals surface area contributed by atoms with E-state index in [0.717, 1.165) is 22.3 Å². The van der Waals surface area contributed by atoms with Gasteiger partial charge in [0.15, 0.2) is 0 Å². The van der Waals surface area contributed by atoms with E-state index in [2.05, 4.69) is 43.0 Å². The summed E-state index contributed by atoms with van der Waals surface area (Å²) < 4.78 is 5.73. The van der Waals surface area contributed by atoms with Crippen LogP contribution in [0.4, 0.5) is 0 Å². The highest BCUT2D eigenvalue weighted by Crippen LogP contribution is 2.30. The van der Waals surface area contributed by atoms with Gasteiger partial charge in [0.1, 0.15) is 6.10 Å². The van der Waals surface area contributed by atoms with Crippen LogP contribution in [0.1, 0.15) is 35.3 Å². The van der Waals surface area contributed by atoms with Crippen LogP contribution in [0.2, 0.25) is 0 Å². The van der Waals surface area contributed by atoms with Gasteiger partial charge in [0.2, 0.25) is 0 Å². The summed E-state index contributed by atoms with van der Waals surface area (Å²) in [7, 11) is 1.74. The average molecular weight is 264 g/mol. The average Bonchev–Trinajstić information content (AvgIpc) is 2.50. The molecule has 1 nitrogen and oxygen atoms in total. The molecule has 0 saturated heterocycles. The summed E-state index contributed by atoms with van der Waals surface area (Å²) in [5, 5.41) is 0. The minimum absolute atomic E-state index is 0.0746. The van der Waals surface area contributed by atoms with Gasteiger partial charge in [-0.2, -0.15) is 0 Å². The Bertz CT molecular complexity index is 596. The van der Waals surface area contributed by atoms with E-state index < -0.39 is 0 Å². The predicted molar refractivity (Wildman–Crippen MR) is 86.5 cm³/mol. The molecule has 102 valence electrons. The molecule has 0 aliphatic heterocycles. The van der Waals surface area contributed by atoms with E-state index in [1.54, 1.807) is 7.11 Å². The monoisotopic (exact) mass is 264 g/mol. The molecule has 0 heterocycles. The van der Waals surface area contributed by atoms with Crippen molar-refractivity contribution in [3.05, 3.63) is 83.4 Å². The van der Waals surface area contributed by atoms with Gasteiger partial charge in [-0.25, -0.2) is 0 Å². The third-order valence-corrected chi connectivity index (χ3v) is 3.34. The predicted octanol–water partition coefficient (Wildman–Crippen LogP) is 5.10. The lowest BCUT2D eigenvalue weighted by Gasteiger charge is -2.20. The second-order valence-electron chi connectivity index (χ2n) is 4.58. The molecular weight excluding hydrogens is 244 g/mol. The number of hydrogen-bond donors (Lipinski definition) is 0. The van der Waals surface area contributed by atoms with Crippen LogP contribution < -0.4 is 0 Å². The Morgan fingerprint density at radius 1 is 1.05 bits per heavy atom. The van der Waals surface area contributed by atoms with E-state index in [1.165, 1.54) is 0 Å². The molecule has 0 aliphatic carbocycles. The maximum Gasteiger partial charge on any atom is 0.108 e. The van der Waals surface area contributed by atoms with Gasteiger partial charge in [-0.05, 0) is 29.2 Å². The van der Waals surface area contributed by atoms with E-state index in [0.29, 0.717) is 0 Å². The Morgan fingerprint density at radius 3 is 2.40 bits per heavy atom. The van der Waals surface area contributed by atoms with Gasteiger partial charge >= 0.3 is 0 Å². The third kappa shape index (κ3) is 2.89. The fraction of sp³-hybridized carbons (Fsp3) is 0.158. The standard InChI is InChI=1S/C19H20O/c1-4-10-15-13-9-14-18(17(15)5-2)19(20-3)16-11-7-6-8-12-16/h4-14,19H,2H2,1,3H3/b10-4-. The van der Waals surface area contributed by atoms with Crippen molar-refractivity contribution in [1.29, 1.82) is 0 Å². The van der Waals surface area contributed by atoms with Gasteiger partial charge in [-0.1, -0.05) is 73.3 Å². The van der Waals surface area contributed by atoms with Crippen molar-refractivity contribution in [3.63, 3.8) is 0 Å². The van der Waals surface area contributed by atoms with Crippen molar-refractivity contribution in [2.45, 2.75) is 13.0 Å². The molecule has 20 heavy (non-hydrogen) atoms. The first-order valence-corrected chi connectivity index (χ1v) is 6.77. The van der Waals surface area contributed by atoms with Crippen molar-refractivity contribution >= 4 is 12.2 Å². The second kappa shape index (κ2) is 6.88. The van der Waals surface area contributed by atoms with Gasteiger partial charge in [0, 0.05) is 7.11 Å². The van der Waals surface area contributed by atoms with E-state index in [4.69, 9.17) is 4.74 Å². The molecule has 0 spiro atoms. The first-order valence-electron chi connectivity index (χ1n) is 6.77. The highest BCUT2D eigenvalue weighted by Gasteiger charge is 2.16. The van der Waals surface area contributed by atoms with E-state index in [9.17, 15) is 0 Å². The molecule has 2 aromatic rings. The normalized spacial score (nSPS) is 12.5. The van der Waals surface area contributed by atoms with Crippen molar-refractivity contribution in [3.8, 4) is 0 Å². The zero-order chi connectivity index (χ0) is 14.4. The highest BCUT2D eigenvalue weighted by molar-refractivity contribution is 5.68. The van der Waals surface area contributed by atoms with Gasteiger partial charge < -0.3 is 4.74 Å². The van der Waals surface area contributed by atoms with Crippen LogP contribution in [0.5, 0.6) is 0 Å². The number of allylic oxidation sites excluding steroid dienone is 1. The summed E-state index contributed by atoms with van der Waals surface area (Å²) in [6.07, 6.45) is 5.96.